The van der Waals surface area contributed by atoms with E-state index < -0.39 is 0 Å². The molecule has 14 heteroatoms. The van der Waals surface area contributed by atoms with Crippen molar-refractivity contribution >= 4 is 102 Å². The van der Waals surface area contributed by atoms with Crippen molar-refractivity contribution in [1.29, 1.82) is 0 Å². The van der Waals surface area contributed by atoms with Gasteiger partial charge >= 0.3 is 0 Å². The smallest absolute Gasteiger partial charge is 0.138 e. The Labute approximate surface area is 320 Å². The van der Waals surface area contributed by atoms with E-state index in [0.29, 0.717) is 31.8 Å². The fraction of sp³-hybridized carbons (Fsp3) is 0.243. The molecule has 0 aliphatic rings. The second-order valence-corrected chi connectivity index (χ2v) is 13.9. The largest absolute Gasteiger partial charge is 0.275 e. The maximum Gasteiger partial charge on any atom is 0.138 e. The summed E-state index contributed by atoms with van der Waals surface area (Å²) in [7, 11) is 5.39. The summed E-state index contributed by atoms with van der Waals surface area (Å²) in [5.41, 5.74) is 7.15. The predicted molar refractivity (Wildman–Crippen MR) is 212 cm³/mol. The molecule has 0 aliphatic carbocycles. The van der Waals surface area contributed by atoms with Crippen LogP contribution in [0.5, 0.6) is 0 Å². The topological polar surface area (TPSA) is 71.3 Å². The van der Waals surface area contributed by atoms with Crippen LogP contribution < -0.4 is 0 Å². The summed E-state index contributed by atoms with van der Waals surface area (Å²) in [6.45, 7) is 10.6. The van der Waals surface area contributed by atoms with Crippen molar-refractivity contribution in [2.75, 3.05) is 0 Å². The number of aromatic nitrogens is 8. The molecule has 0 atom stereocenters. The summed E-state index contributed by atoms with van der Waals surface area (Å²) in [6.07, 6.45) is 3.93. The van der Waals surface area contributed by atoms with Crippen molar-refractivity contribution < 1.29 is 4.39 Å². The summed E-state index contributed by atoms with van der Waals surface area (Å²) in [5.74, 6) is -0.282. The molecule has 0 N–H and O–H groups in total. The molecule has 51 heavy (non-hydrogen) atoms. The van der Waals surface area contributed by atoms with E-state index in [4.69, 9.17) is 58.0 Å². The van der Waals surface area contributed by atoms with E-state index in [1.165, 1.54) is 4.68 Å². The van der Waals surface area contributed by atoms with Crippen LogP contribution in [0, 0.1) is 33.5 Å². The van der Waals surface area contributed by atoms with Crippen molar-refractivity contribution in [2.24, 2.45) is 21.1 Å². The lowest BCUT2D eigenvalue weighted by molar-refractivity contribution is 0.630. The van der Waals surface area contributed by atoms with E-state index in [2.05, 4.69) is 27.3 Å². The summed E-state index contributed by atoms with van der Waals surface area (Å²) in [6, 6.07) is 15.3. The second-order valence-electron chi connectivity index (χ2n) is 12.1. The maximum atomic E-state index is 13.5. The first-order valence-corrected chi connectivity index (χ1v) is 17.8. The first-order chi connectivity index (χ1) is 24.1. The van der Waals surface area contributed by atoms with Gasteiger partial charge in [-0.25, -0.2) is 4.39 Å². The molecule has 0 bridgehead atoms. The zero-order valence-electron chi connectivity index (χ0n) is 29.3. The number of aryl methyl sites for hydroxylation is 8. The van der Waals surface area contributed by atoms with Gasteiger partial charge in [0.1, 0.15) is 16.1 Å². The molecular formula is C37H36Cl5FN8. The summed E-state index contributed by atoms with van der Waals surface area (Å²) < 4.78 is 20.3. The molecule has 266 valence electrons. The first-order valence-electron chi connectivity index (χ1n) is 15.9. The number of fused-ring (bicyclic) bond motifs is 4. The van der Waals surface area contributed by atoms with E-state index in [-0.39, 0.29) is 5.82 Å². The van der Waals surface area contributed by atoms with Gasteiger partial charge in [-0.05, 0) is 81.1 Å². The Morgan fingerprint density at radius 3 is 1.51 bits per heavy atom. The Morgan fingerprint density at radius 2 is 0.961 bits per heavy atom. The van der Waals surface area contributed by atoms with Crippen LogP contribution in [0.1, 0.15) is 29.2 Å². The van der Waals surface area contributed by atoms with Crippen molar-refractivity contribution in [3.8, 4) is 0 Å². The first kappa shape index (κ1) is 38.4. The number of halogens is 6. The van der Waals surface area contributed by atoms with Gasteiger partial charge in [-0.15, -0.1) is 0 Å². The highest BCUT2D eigenvalue weighted by atomic mass is 35.5. The molecule has 0 saturated heterocycles. The second kappa shape index (κ2) is 15.8. The fourth-order valence-electron chi connectivity index (χ4n) is 5.30. The quantitative estimate of drug-likeness (QED) is 0.166. The van der Waals surface area contributed by atoms with E-state index >= 15 is 0 Å². The van der Waals surface area contributed by atoms with Crippen LogP contribution >= 0.6 is 58.0 Å². The van der Waals surface area contributed by atoms with Gasteiger partial charge in [0.25, 0.3) is 0 Å². The number of hydrogen-bond donors (Lipinski definition) is 0. The van der Waals surface area contributed by atoms with Crippen LogP contribution in [0.4, 0.5) is 4.39 Å². The third-order valence-corrected chi connectivity index (χ3v) is 10.6. The van der Waals surface area contributed by atoms with Gasteiger partial charge in [0.2, 0.25) is 0 Å². The molecule has 0 fully saturated rings. The average Bonchev–Trinajstić information content (AvgIpc) is 3.86. The molecule has 4 heterocycles. The van der Waals surface area contributed by atoms with Gasteiger partial charge in [0.15, 0.2) is 0 Å². The van der Waals surface area contributed by atoms with E-state index in [0.717, 1.165) is 66.0 Å². The van der Waals surface area contributed by atoms with Crippen LogP contribution in [-0.2, 0) is 27.7 Å². The minimum atomic E-state index is -0.282. The van der Waals surface area contributed by atoms with Gasteiger partial charge < -0.3 is 0 Å². The third kappa shape index (κ3) is 7.98. The van der Waals surface area contributed by atoms with Crippen LogP contribution in [0.2, 0.25) is 25.4 Å². The Bertz CT molecular complexity index is 2440. The average molecular weight is 789 g/mol. The molecular weight excluding hydrogens is 753 g/mol. The van der Waals surface area contributed by atoms with Crippen LogP contribution in [0.3, 0.4) is 0 Å². The summed E-state index contributed by atoms with van der Waals surface area (Å²) >= 11 is 30.2. The van der Waals surface area contributed by atoms with Gasteiger partial charge in [-0.3, -0.25) is 18.7 Å². The fourth-order valence-corrected chi connectivity index (χ4v) is 6.46. The van der Waals surface area contributed by atoms with Crippen molar-refractivity contribution in [3.63, 3.8) is 0 Å². The Balaban J connectivity index is 0.000000132. The Hall–Kier alpha value is -3.86. The van der Waals surface area contributed by atoms with Gasteiger partial charge in [0, 0.05) is 50.9 Å². The highest BCUT2D eigenvalue weighted by molar-refractivity contribution is 6.42. The summed E-state index contributed by atoms with van der Waals surface area (Å²) in [5, 5.41) is 23.4. The maximum absolute atomic E-state index is 13.5. The summed E-state index contributed by atoms with van der Waals surface area (Å²) in [4.78, 5) is 0. The number of rotatable bonds is 1. The van der Waals surface area contributed by atoms with Crippen LogP contribution in [0.15, 0.2) is 60.9 Å². The Morgan fingerprint density at radius 1 is 0.529 bits per heavy atom. The Kier molecular flexibility index (Phi) is 11.9. The molecule has 0 amide bonds. The van der Waals surface area contributed by atoms with Gasteiger partial charge in [-0.1, -0.05) is 82.3 Å². The molecule has 0 radical (unpaired) electrons. The molecule has 8 nitrogen and oxygen atoms in total. The standard InChI is InChI=1S/C10H11ClN2.C9H8Cl2N2.C9H8ClFN2.C9H9ClN2/c1-3-13-6-8-9(12-13)5-4-7(2)10(8)11;1-5-3-4-6-7(8(5)10)9(11)13(2)12-6;1-5-3-4-6-7(8(5)11)9(10)13(2)12-6;1-6-3-4-8-7(9(6)10)5-12(2)11-8/h4-6H,3H2,1-2H3;2*3-4H,1-2H3;3-5H,1-2H3. The molecule has 0 spiro atoms. The van der Waals surface area contributed by atoms with Crippen molar-refractivity contribution in [2.45, 2.75) is 41.2 Å². The van der Waals surface area contributed by atoms with E-state index in [1.54, 1.807) is 42.5 Å². The SMILES string of the molecule is CCn1cc2c(Cl)c(C)ccc2n1.Cc1ccc2nn(C)c(Cl)c2c1Cl.Cc1ccc2nn(C)c(Cl)c2c1F.Cc1ccc2nn(C)cc2c1Cl. The highest BCUT2D eigenvalue weighted by Crippen LogP contribution is 2.32. The molecule has 4 aromatic heterocycles. The van der Waals surface area contributed by atoms with E-state index in [9.17, 15) is 4.39 Å². The minimum absolute atomic E-state index is 0.282. The normalized spacial score (nSPS) is 11.0. The lowest BCUT2D eigenvalue weighted by Crippen LogP contribution is -1.92. The van der Waals surface area contributed by atoms with Crippen molar-refractivity contribution in [3.05, 3.63) is 114 Å². The monoisotopic (exact) mass is 786 g/mol. The number of benzene rings is 4. The molecule has 8 aromatic rings. The highest BCUT2D eigenvalue weighted by Gasteiger charge is 2.13. The van der Waals surface area contributed by atoms with Gasteiger partial charge in [0.05, 0.1) is 47.9 Å². The van der Waals surface area contributed by atoms with Crippen LogP contribution in [-0.4, -0.2) is 39.1 Å². The molecule has 4 aromatic carbocycles. The molecule has 8 rings (SSSR count). The predicted octanol–water partition coefficient (Wildman–Crippen LogP) is 11.4. The lowest BCUT2D eigenvalue weighted by Gasteiger charge is -1.97. The van der Waals surface area contributed by atoms with Crippen molar-refractivity contribution in [1.82, 2.24) is 39.1 Å². The number of nitrogens with zero attached hydrogens (tertiary/aromatic N) is 8. The third-order valence-electron chi connectivity index (χ3n) is 8.24. The van der Waals surface area contributed by atoms with Gasteiger partial charge in [-0.2, -0.15) is 20.4 Å². The van der Waals surface area contributed by atoms with E-state index in [1.807, 2.05) is 81.3 Å². The molecule has 0 unspecified atom stereocenters. The molecule has 0 aliphatic heterocycles. The van der Waals surface area contributed by atoms with Crippen LogP contribution in [0.25, 0.3) is 43.6 Å². The molecule has 0 saturated carbocycles. The number of hydrogen-bond acceptors (Lipinski definition) is 4. The zero-order chi connectivity index (χ0) is 37.3. The minimum Gasteiger partial charge on any atom is -0.275 e. The lowest BCUT2D eigenvalue weighted by atomic mass is 10.2. The zero-order valence-corrected chi connectivity index (χ0v) is 33.1.